The lowest BCUT2D eigenvalue weighted by molar-refractivity contribution is 0.102. The molecule has 0 aliphatic carbocycles. The quantitative estimate of drug-likeness (QED) is 0.678. The third-order valence-corrected chi connectivity index (χ3v) is 2.46. The molecule has 0 spiro atoms. The first-order valence-electron chi connectivity index (χ1n) is 4.63. The van der Waals surface area contributed by atoms with Gasteiger partial charge in [-0.1, -0.05) is 28.6 Å². The zero-order chi connectivity index (χ0) is 12.1. The molecule has 0 saturated heterocycles. The second-order valence-corrected chi connectivity index (χ2v) is 3.92. The van der Waals surface area contributed by atoms with Crippen molar-refractivity contribution in [3.8, 4) is 0 Å². The third-order valence-electron chi connectivity index (χ3n) is 1.96. The van der Waals surface area contributed by atoms with Gasteiger partial charge in [-0.2, -0.15) is 0 Å². The van der Waals surface area contributed by atoms with Crippen molar-refractivity contribution in [3.05, 3.63) is 58.6 Å². The Labute approximate surface area is 102 Å². The molecule has 2 nitrogen and oxygen atoms in total. The number of hydrogen-bond acceptors (Lipinski definition) is 2. The molecule has 0 aromatic heterocycles. The summed E-state index contributed by atoms with van der Waals surface area (Å²) >= 11 is 3.20. The van der Waals surface area contributed by atoms with Crippen molar-refractivity contribution in [3.63, 3.8) is 0 Å². The number of ketones is 1. The molecule has 16 heavy (non-hydrogen) atoms. The molecular weight excluding hydrogens is 273 g/mol. The average Bonchev–Trinajstić information content (AvgIpc) is 2.28. The molecule has 4 heteroatoms. The summed E-state index contributed by atoms with van der Waals surface area (Å²) in [4.78, 5) is 11.9. The van der Waals surface area contributed by atoms with Crippen molar-refractivity contribution in [1.82, 2.24) is 5.32 Å². The first-order valence-corrected chi connectivity index (χ1v) is 5.43. The number of hydrogen-bond donors (Lipinski definition) is 1. The summed E-state index contributed by atoms with van der Waals surface area (Å²) in [5.74, 6) is -0.945. The van der Waals surface area contributed by atoms with Gasteiger partial charge in [0.2, 0.25) is 5.78 Å². The standard InChI is InChI=1S/C12H11BrFNO/c1-3-11(15-4-2)12(16)9-7-8(13)5-6-10(9)14/h3-7,15H,2H2,1H3/b11-3-. The highest BCUT2D eigenvalue weighted by molar-refractivity contribution is 9.10. The van der Waals surface area contributed by atoms with Gasteiger partial charge in [0.05, 0.1) is 11.3 Å². The van der Waals surface area contributed by atoms with E-state index >= 15 is 0 Å². The van der Waals surface area contributed by atoms with Crippen molar-refractivity contribution < 1.29 is 9.18 Å². The summed E-state index contributed by atoms with van der Waals surface area (Å²) in [6.45, 7) is 5.15. The zero-order valence-electron chi connectivity index (χ0n) is 8.76. The van der Waals surface area contributed by atoms with Crippen LogP contribution in [0.2, 0.25) is 0 Å². The van der Waals surface area contributed by atoms with E-state index in [1.807, 2.05) is 0 Å². The summed E-state index contributed by atoms with van der Waals surface area (Å²) in [6.07, 6.45) is 2.95. The lowest BCUT2D eigenvalue weighted by Gasteiger charge is -2.06. The minimum atomic E-state index is -0.543. The van der Waals surface area contributed by atoms with E-state index in [0.29, 0.717) is 10.2 Å². The van der Waals surface area contributed by atoms with Gasteiger partial charge in [-0.05, 0) is 31.3 Å². The number of benzene rings is 1. The van der Waals surface area contributed by atoms with E-state index in [1.54, 1.807) is 19.1 Å². The molecule has 0 aliphatic heterocycles. The molecular formula is C12H11BrFNO. The molecule has 0 atom stereocenters. The van der Waals surface area contributed by atoms with Gasteiger partial charge in [-0.3, -0.25) is 4.79 Å². The van der Waals surface area contributed by atoms with E-state index < -0.39 is 11.6 Å². The maximum Gasteiger partial charge on any atom is 0.211 e. The summed E-state index contributed by atoms with van der Waals surface area (Å²) in [7, 11) is 0. The topological polar surface area (TPSA) is 29.1 Å². The van der Waals surface area contributed by atoms with Crippen LogP contribution in [-0.4, -0.2) is 5.78 Å². The fraction of sp³-hybridized carbons (Fsp3) is 0.0833. The first kappa shape index (κ1) is 12.6. The number of Topliss-reactive ketones (excluding diaryl/α,β-unsaturated/α-hetero) is 1. The van der Waals surface area contributed by atoms with Gasteiger partial charge in [-0.15, -0.1) is 0 Å². The maximum atomic E-state index is 13.4. The van der Waals surface area contributed by atoms with Gasteiger partial charge < -0.3 is 5.32 Å². The number of carbonyl (C=O) groups excluding carboxylic acids is 1. The Kier molecular flexibility index (Phi) is 4.43. The van der Waals surface area contributed by atoms with Crippen LogP contribution >= 0.6 is 15.9 Å². The molecule has 0 fully saturated rings. The first-order chi connectivity index (χ1) is 7.60. The number of nitrogens with one attached hydrogen (secondary N) is 1. The minimum absolute atomic E-state index is 0.0248. The predicted octanol–water partition coefficient (Wildman–Crippen LogP) is 3.41. The number of rotatable bonds is 4. The van der Waals surface area contributed by atoms with Crippen LogP contribution in [0.1, 0.15) is 17.3 Å². The molecule has 1 aromatic carbocycles. The molecule has 0 heterocycles. The molecule has 0 aliphatic rings. The molecule has 0 saturated carbocycles. The summed E-state index contributed by atoms with van der Waals surface area (Å²) in [5.41, 5.74) is 0.323. The third kappa shape index (κ3) is 2.79. The van der Waals surface area contributed by atoms with E-state index in [1.165, 1.54) is 18.3 Å². The van der Waals surface area contributed by atoms with Crippen molar-refractivity contribution in [2.75, 3.05) is 0 Å². The minimum Gasteiger partial charge on any atom is -0.359 e. The van der Waals surface area contributed by atoms with Crippen LogP contribution in [0.5, 0.6) is 0 Å². The number of allylic oxidation sites excluding steroid dienone is 2. The fourth-order valence-electron chi connectivity index (χ4n) is 1.21. The number of carbonyl (C=O) groups is 1. The zero-order valence-corrected chi connectivity index (χ0v) is 10.3. The van der Waals surface area contributed by atoms with Crippen LogP contribution in [0.15, 0.2) is 47.2 Å². The fourth-order valence-corrected chi connectivity index (χ4v) is 1.57. The van der Waals surface area contributed by atoms with Crippen LogP contribution in [0.3, 0.4) is 0 Å². The Morgan fingerprint density at radius 3 is 2.81 bits per heavy atom. The Morgan fingerprint density at radius 2 is 2.25 bits per heavy atom. The molecule has 0 bridgehead atoms. The maximum absolute atomic E-state index is 13.4. The highest BCUT2D eigenvalue weighted by atomic mass is 79.9. The van der Waals surface area contributed by atoms with Crippen molar-refractivity contribution in [1.29, 1.82) is 0 Å². The van der Waals surface area contributed by atoms with Crippen molar-refractivity contribution in [2.24, 2.45) is 0 Å². The van der Waals surface area contributed by atoms with Gasteiger partial charge >= 0.3 is 0 Å². The lowest BCUT2D eigenvalue weighted by Crippen LogP contribution is -2.16. The molecule has 1 N–H and O–H groups in total. The summed E-state index contributed by atoms with van der Waals surface area (Å²) < 4.78 is 14.1. The smallest absolute Gasteiger partial charge is 0.211 e. The van der Waals surface area contributed by atoms with Gasteiger partial charge in [0.25, 0.3) is 0 Å². The number of halogens is 2. The second kappa shape index (κ2) is 5.61. The summed E-state index contributed by atoms with van der Waals surface area (Å²) in [6, 6.07) is 4.24. The van der Waals surface area contributed by atoms with Gasteiger partial charge in [-0.25, -0.2) is 4.39 Å². The largest absolute Gasteiger partial charge is 0.359 e. The van der Waals surface area contributed by atoms with E-state index in [0.717, 1.165) is 0 Å². The molecule has 1 rings (SSSR count). The summed E-state index contributed by atoms with van der Waals surface area (Å²) in [5, 5.41) is 2.67. The van der Waals surface area contributed by atoms with Crippen molar-refractivity contribution >= 4 is 21.7 Å². The van der Waals surface area contributed by atoms with E-state index in [2.05, 4.69) is 27.8 Å². The molecule has 0 amide bonds. The lowest BCUT2D eigenvalue weighted by atomic mass is 10.1. The Balaban J connectivity index is 3.13. The van der Waals surface area contributed by atoms with Crippen molar-refractivity contribution in [2.45, 2.75) is 6.92 Å². The van der Waals surface area contributed by atoms with Gasteiger partial charge in [0.1, 0.15) is 5.82 Å². The molecule has 84 valence electrons. The van der Waals surface area contributed by atoms with Crippen LogP contribution in [-0.2, 0) is 0 Å². The Morgan fingerprint density at radius 1 is 1.56 bits per heavy atom. The second-order valence-electron chi connectivity index (χ2n) is 3.00. The molecule has 0 radical (unpaired) electrons. The van der Waals surface area contributed by atoms with E-state index in [9.17, 15) is 9.18 Å². The monoisotopic (exact) mass is 283 g/mol. The Hall–Kier alpha value is -1.42. The molecule has 1 aromatic rings. The van der Waals surface area contributed by atoms with Crippen LogP contribution in [0, 0.1) is 5.82 Å². The normalized spacial score (nSPS) is 11.1. The van der Waals surface area contributed by atoms with E-state index in [4.69, 9.17) is 0 Å². The van der Waals surface area contributed by atoms with Crippen LogP contribution in [0.25, 0.3) is 0 Å². The van der Waals surface area contributed by atoms with Gasteiger partial charge in [0, 0.05) is 4.47 Å². The molecule has 0 unspecified atom stereocenters. The van der Waals surface area contributed by atoms with Crippen LogP contribution in [0.4, 0.5) is 4.39 Å². The van der Waals surface area contributed by atoms with E-state index in [-0.39, 0.29) is 5.56 Å². The SMILES string of the molecule is C=CN/C(=C\C)C(=O)c1cc(Br)ccc1F. The highest BCUT2D eigenvalue weighted by Crippen LogP contribution is 2.18. The predicted molar refractivity (Wildman–Crippen MR) is 65.5 cm³/mol. The Bertz CT molecular complexity index is 454. The van der Waals surface area contributed by atoms with Gasteiger partial charge in [0.15, 0.2) is 0 Å². The average molecular weight is 284 g/mol. The van der Waals surface area contributed by atoms with Crippen LogP contribution < -0.4 is 5.32 Å². The highest BCUT2D eigenvalue weighted by Gasteiger charge is 2.15.